The minimum atomic E-state index is -0.452. The van der Waals surface area contributed by atoms with Gasteiger partial charge in [-0.25, -0.2) is 4.39 Å². The fourth-order valence-corrected chi connectivity index (χ4v) is 2.58. The molecule has 0 saturated carbocycles. The van der Waals surface area contributed by atoms with E-state index in [9.17, 15) is 9.50 Å². The first-order valence-corrected chi connectivity index (χ1v) is 6.94. The van der Waals surface area contributed by atoms with E-state index in [0.29, 0.717) is 12.4 Å². The Bertz CT molecular complexity index is 388. The van der Waals surface area contributed by atoms with Gasteiger partial charge in [-0.05, 0) is 37.1 Å². The summed E-state index contributed by atoms with van der Waals surface area (Å²) in [6, 6.07) is 6.07. The molecule has 0 unspecified atom stereocenters. The lowest BCUT2D eigenvalue weighted by Crippen LogP contribution is -2.61. The van der Waals surface area contributed by atoms with Crippen molar-refractivity contribution in [3.63, 3.8) is 0 Å². The van der Waals surface area contributed by atoms with Crippen molar-refractivity contribution in [3.05, 3.63) is 30.1 Å². The summed E-state index contributed by atoms with van der Waals surface area (Å²) in [4.78, 5) is 2.24. The van der Waals surface area contributed by atoms with Crippen molar-refractivity contribution in [2.24, 2.45) is 0 Å². The molecule has 19 heavy (non-hydrogen) atoms. The van der Waals surface area contributed by atoms with Gasteiger partial charge >= 0.3 is 0 Å². The van der Waals surface area contributed by atoms with Gasteiger partial charge in [-0.2, -0.15) is 0 Å². The standard InChI is InChI=1S/C15H22FNO2/c1-2-8-15(18)11-17(12-15)9-3-10-19-14-6-4-13(16)5-7-14/h4-7,18H,2-3,8-12H2,1H3. The van der Waals surface area contributed by atoms with Crippen LogP contribution < -0.4 is 4.74 Å². The Balaban J connectivity index is 1.57. The number of nitrogens with zero attached hydrogens (tertiary/aromatic N) is 1. The Kier molecular flexibility index (Phi) is 4.77. The summed E-state index contributed by atoms with van der Waals surface area (Å²) in [6.07, 6.45) is 2.83. The molecule has 1 aliphatic rings. The quantitative estimate of drug-likeness (QED) is 0.770. The van der Waals surface area contributed by atoms with Crippen molar-refractivity contribution < 1.29 is 14.2 Å². The Morgan fingerprint density at radius 3 is 2.63 bits per heavy atom. The lowest BCUT2D eigenvalue weighted by Gasteiger charge is -2.46. The van der Waals surface area contributed by atoms with Crippen molar-refractivity contribution in [2.75, 3.05) is 26.2 Å². The summed E-state index contributed by atoms with van der Waals surface area (Å²) in [6.45, 7) is 5.20. The van der Waals surface area contributed by atoms with Gasteiger partial charge in [0, 0.05) is 19.6 Å². The third-order valence-corrected chi connectivity index (χ3v) is 3.45. The van der Waals surface area contributed by atoms with E-state index in [2.05, 4.69) is 11.8 Å². The zero-order chi connectivity index (χ0) is 13.7. The third-order valence-electron chi connectivity index (χ3n) is 3.45. The summed E-state index contributed by atoms with van der Waals surface area (Å²) in [7, 11) is 0. The van der Waals surface area contributed by atoms with Gasteiger partial charge in [0.15, 0.2) is 0 Å². The molecule has 3 nitrogen and oxygen atoms in total. The highest BCUT2D eigenvalue weighted by Crippen LogP contribution is 2.25. The Morgan fingerprint density at radius 1 is 1.32 bits per heavy atom. The smallest absolute Gasteiger partial charge is 0.123 e. The van der Waals surface area contributed by atoms with Gasteiger partial charge in [0.25, 0.3) is 0 Å². The molecule has 0 spiro atoms. The summed E-state index contributed by atoms with van der Waals surface area (Å²) < 4.78 is 18.2. The molecular formula is C15H22FNO2. The second-order valence-corrected chi connectivity index (χ2v) is 5.34. The molecule has 106 valence electrons. The molecule has 1 fully saturated rings. The van der Waals surface area contributed by atoms with E-state index in [4.69, 9.17) is 4.74 Å². The van der Waals surface area contributed by atoms with E-state index < -0.39 is 5.60 Å². The van der Waals surface area contributed by atoms with E-state index in [0.717, 1.165) is 38.9 Å². The number of benzene rings is 1. The first-order valence-electron chi connectivity index (χ1n) is 6.94. The maximum atomic E-state index is 12.7. The van der Waals surface area contributed by atoms with Crippen molar-refractivity contribution >= 4 is 0 Å². The molecule has 0 aliphatic carbocycles. The van der Waals surface area contributed by atoms with Gasteiger partial charge in [-0.15, -0.1) is 0 Å². The number of halogens is 1. The number of rotatable bonds is 7. The van der Waals surface area contributed by atoms with Crippen LogP contribution in [0.4, 0.5) is 4.39 Å². The van der Waals surface area contributed by atoms with Crippen LogP contribution in [0, 0.1) is 5.82 Å². The van der Waals surface area contributed by atoms with Crippen LogP contribution in [0.5, 0.6) is 5.75 Å². The van der Waals surface area contributed by atoms with Gasteiger partial charge in [-0.3, -0.25) is 4.90 Å². The fraction of sp³-hybridized carbons (Fsp3) is 0.600. The zero-order valence-corrected chi connectivity index (χ0v) is 11.4. The van der Waals surface area contributed by atoms with E-state index in [1.165, 1.54) is 12.1 Å². The van der Waals surface area contributed by atoms with Gasteiger partial charge in [-0.1, -0.05) is 13.3 Å². The molecule has 1 saturated heterocycles. The van der Waals surface area contributed by atoms with Crippen molar-refractivity contribution in [2.45, 2.75) is 31.8 Å². The lowest BCUT2D eigenvalue weighted by atomic mass is 9.89. The average Bonchev–Trinajstić information content (AvgIpc) is 2.35. The van der Waals surface area contributed by atoms with Crippen LogP contribution in [0.1, 0.15) is 26.2 Å². The second kappa shape index (κ2) is 6.35. The molecule has 4 heteroatoms. The topological polar surface area (TPSA) is 32.7 Å². The summed E-state index contributed by atoms with van der Waals surface area (Å²) >= 11 is 0. The minimum absolute atomic E-state index is 0.247. The summed E-state index contributed by atoms with van der Waals surface area (Å²) in [5.74, 6) is 0.454. The highest BCUT2D eigenvalue weighted by atomic mass is 19.1. The molecule has 0 atom stereocenters. The number of ether oxygens (including phenoxy) is 1. The van der Waals surface area contributed by atoms with Gasteiger partial charge in [0.1, 0.15) is 11.6 Å². The Labute approximate surface area is 114 Å². The number of hydrogen-bond donors (Lipinski definition) is 1. The largest absolute Gasteiger partial charge is 0.494 e. The second-order valence-electron chi connectivity index (χ2n) is 5.34. The predicted octanol–water partition coefficient (Wildman–Crippen LogP) is 2.44. The number of β-amino-alcohol motifs (C(OH)–C–C–N with tert-alkyl or cyclic N) is 1. The number of likely N-dealkylation sites (tertiary alicyclic amines) is 1. The molecular weight excluding hydrogens is 245 g/mol. The molecule has 0 aromatic heterocycles. The van der Waals surface area contributed by atoms with Crippen molar-refractivity contribution in [3.8, 4) is 5.75 Å². The van der Waals surface area contributed by atoms with Crippen molar-refractivity contribution in [1.82, 2.24) is 4.90 Å². The zero-order valence-electron chi connectivity index (χ0n) is 11.4. The monoisotopic (exact) mass is 267 g/mol. The first-order chi connectivity index (χ1) is 9.11. The van der Waals surface area contributed by atoms with E-state index in [1.807, 2.05) is 0 Å². The molecule has 1 aromatic rings. The van der Waals surface area contributed by atoms with Crippen LogP contribution in [0.25, 0.3) is 0 Å². The molecule has 1 aromatic carbocycles. The molecule has 0 amide bonds. The number of hydrogen-bond acceptors (Lipinski definition) is 3. The molecule has 0 radical (unpaired) electrons. The number of aliphatic hydroxyl groups is 1. The average molecular weight is 267 g/mol. The maximum absolute atomic E-state index is 12.7. The van der Waals surface area contributed by atoms with Crippen LogP contribution in [0.15, 0.2) is 24.3 Å². The third kappa shape index (κ3) is 4.18. The van der Waals surface area contributed by atoms with Crippen LogP contribution in [-0.4, -0.2) is 41.8 Å². The maximum Gasteiger partial charge on any atom is 0.123 e. The predicted molar refractivity (Wildman–Crippen MR) is 72.8 cm³/mol. The summed E-state index contributed by atoms with van der Waals surface area (Å²) in [5.41, 5.74) is -0.452. The van der Waals surface area contributed by atoms with E-state index >= 15 is 0 Å². The highest BCUT2D eigenvalue weighted by molar-refractivity contribution is 5.21. The van der Waals surface area contributed by atoms with Crippen LogP contribution >= 0.6 is 0 Å². The van der Waals surface area contributed by atoms with Crippen LogP contribution in [0.2, 0.25) is 0 Å². The minimum Gasteiger partial charge on any atom is -0.494 e. The molecule has 1 heterocycles. The fourth-order valence-electron chi connectivity index (χ4n) is 2.58. The molecule has 2 rings (SSSR count). The molecule has 1 N–H and O–H groups in total. The van der Waals surface area contributed by atoms with Gasteiger partial charge in [0.2, 0.25) is 0 Å². The van der Waals surface area contributed by atoms with E-state index in [-0.39, 0.29) is 5.82 Å². The SMILES string of the molecule is CCCC1(O)CN(CCCOc2ccc(F)cc2)C1. The summed E-state index contributed by atoms with van der Waals surface area (Å²) in [5, 5.41) is 10.0. The molecule has 1 aliphatic heterocycles. The van der Waals surface area contributed by atoms with Crippen LogP contribution in [0.3, 0.4) is 0 Å². The van der Waals surface area contributed by atoms with Gasteiger partial charge in [0.05, 0.1) is 12.2 Å². The lowest BCUT2D eigenvalue weighted by molar-refractivity contribution is -0.103. The molecule has 0 bridgehead atoms. The highest BCUT2D eigenvalue weighted by Gasteiger charge is 2.39. The van der Waals surface area contributed by atoms with Crippen molar-refractivity contribution in [1.29, 1.82) is 0 Å². The Morgan fingerprint density at radius 2 is 2.00 bits per heavy atom. The van der Waals surface area contributed by atoms with E-state index in [1.54, 1.807) is 12.1 Å². The first kappa shape index (κ1) is 14.3. The Hall–Kier alpha value is -1.13. The normalized spacial score (nSPS) is 18.1. The van der Waals surface area contributed by atoms with Gasteiger partial charge < -0.3 is 9.84 Å². The van der Waals surface area contributed by atoms with Crippen LogP contribution in [-0.2, 0) is 0 Å².